The van der Waals surface area contributed by atoms with Crippen molar-refractivity contribution in [2.45, 2.75) is 220 Å². The Bertz CT molecular complexity index is 981. The Morgan fingerprint density at radius 1 is 0.321 bits per heavy atom. The van der Waals surface area contributed by atoms with Gasteiger partial charge in [0.05, 0.1) is 13.1 Å². The first-order chi connectivity index (χ1) is 26.3. The van der Waals surface area contributed by atoms with Crippen molar-refractivity contribution in [2.75, 3.05) is 13.1 Å². The lowest BCUT2D eigenvalue weighted by atomic mass is 10.0. The number of hydrogen-bond donors (Lipinski definition) is 0. The van der Waals surface area contributed by atoms with Gasteiger partial charge in [-0.3, -0.25) is 0 Å². The smallest absolute Gasteiger partial charge is 0.105 e. The molecule has 2 rings (SSSR count). The van der Waals surface area contributed by atoms with Gasteiger partial charge in [0.2, 0.25) is 0 Å². The second-order valence-electron chi connectivity index (χ2n) is 16.7. The average molecular weight is 727 g/mol. The summed E-state index contributed by atoms with van der Waals surface area (Å²) >= 11 is 0. The third-order valence-corrected chi connectivity index (χ3v) is 11.5. The lowest BCUT2D eigenvalue weighted by Gasteiger charge is -2.37. The summed E-state index contributed by atoms with van der Waals surface area (Å²) in [4.78, 5) is 0. The number of benzene rings is 2. The Balaban J connectivity index is 1.72. The molecule has 0 aliphatic rings. The number of quaternary nitrogens is 1. The predicted molar refractivity (Wildman–Crippen MR) is 238 cm³/mol. The van der Waals surface area contributed by atoms with Gasteiger partial charge in [0.25, 0.3) is 0 Å². The quantitative estimate of drug-likeness (QED) is 0.0367. The van der Waals surface area contributed by atoms with Crippen molar-refractivity contribution in [3.05, 3.63) is 96.1 Å². The second-order valence-corrected chi connectivity index (χ2v) is 16.7. The molecule has 0 N–H and O–H groups in total. The molecule has 53 heavy (non-hydrogen) atoms. The topological polar surface area (TPSA) is 0 Å². The van der Waals surface area contributed by atoms with Crippen molar-refractivity contribution in [1.82, 2.24) is 0 Å². The maximum absolute atomic E-state index is 2.52. The molecule has 2 aromatic rings. The van der Waals surface area contributed by atoms with Crippen LogP contribution < -0.4 is 0 Å². The first-order valence-corrected chi connectivity index (χ1v) is 23.5. The number of nitrogens with zero attached hydrogens (tertiary/aromatic N) is 1. The molecule has 0 radical (unpaired) electrons. The van der Waals surface area contributed by atoms with E-state index >= 15 is 0 Å². The fourth-order valence-electron chi connectivity index (χ4n) is 8.08. The second kappa shape index (κ2) is 35.6. The SMILES string of the molecule is CCCCCCCCCCCCCCCC/C=C/C[N+](C/C=C/CCCCCCCCCCCCCCCC)(Cc1ccccc1)Cc1ccccc1. The van der Waals surface area contributed by atoms with Gasteiger partial charge in [0.1, 0.15) is 13.1 Å². The van der Waals surface area contributed by atoms with Crippen LogP contribution in [0.15, 0.2) is 85.0 Å². The molecule has 0 fully saturated rings. The molecule has 0 aromatic heterocycles. The lowest BCUT2D eigenvalue weighted by Crippen LogP contribution is -2.46. The molecule has 0 saturated carbocycles. The summed E-state index contributed by atoms with van der Waals surface area (Å²) in [7, 11) is 0. The molecule has 1 heteroatoms. The van der Waals surface area contributed by atoms with Gasteiger partial charge < -0.3 is 4.48 Å². The maximum Gasteiger partial charge on any atom is 0.105 e. The summed E-state index contributed by atoms with van der Waals surface area (Å²) in [5.74, 6) is 0. The minimum Gasteiger partial charge on any atom is -0.310 e. The molecular weight excluding hydrogens is 639 g/mol. The van der Waals surface area contributed by atoms with E-state index in [-0.39, 0.29) is 0 Å². The third-order valence-electron chi connectivity index (χ3n) is 11.5. The molecule has 2 aromatic carbocycles. The summed E-state index contributed by atoms with van der Waals surface area (Å²) in [6.45, 7) is 8.94. The molecule has 0 atom stereocenters. The van der Waals surface area contributed by atoms with Gasteiger partial charge in [-0.15, -0.1) is 0 Å². The zero-order chi connectivity index (χ0) is 37.6. The lowest BCUT2D eigenvalue weighted by molar-refractivity contribution is -0.943. The van der Waals surface area contributed by atoms with Crippen molar-refractivity contribution >= 4 is 0 Å². The first kappa shape index (κ1) is 47.0. The van der Waals surface area contributed by atoms with Gasteiger partial charge in [0, 0.05) is 11.1 Å². The van der Waals surface area contributed by atoms with Crippen LogP contribution in [0.25, 0.3) is 0 Å². The normalized spacial score (nSPS) is 12.1. The summed E-state index contributed by atoms with van der Waals surface area (Å²) in [5.41, 5.74) is 2.90. The van der Waals surface area contributed by atoms with Gasteiger partial charge >= 0.3 is 0 Å². The van der Waals surface area contributed by atoms with E-state index in [9.17, 15) is 0 Å². The molecule has 0 aliphatic carbocycles. The van der Waals surface area contributed by atoms with E-state index < -0.39 is 0 Å². The maximum atomic E-state index is 2.52. The summed E-state index contributed by atoms with van der Waals surface area (Å²) in [5, 5.41) is 0. The van der Waals surface area contributed by atoms with E-state index in [0.29, 0.717) is 0 Å². The predicted octanol–water partition coefficient (Wildman–Crippen LogP) is 17.1. The molecule has 0 amide bonds. The largest absolute Gasteiger partial charge is 0.310 e. The molecule has 0 saturated heterocycles. The summed E-state index contributed by atoms with van der Waals surface area (Å²) in [6, 6.07) is 22.5. The van der Waals surface area contributed by atoms with Crippen LogP contribution in [0.3, 0.4) is 0 Å². The Hall–Kier alpha value is -2.12. The molecule has 0 aliphatic heterocycles. The molecule has 0 bridgehead atoms. The van der Waals surface area contributed by atoms with E-state index in [2.05, 4.69) is 98.8 Å². The molecule has 0 spiro atoms. The van der Waals surface area contributed by atoms with Crippen molar-refractivity contribution in [3.8, 4) is 0 Å². The van der Waals surface area contributed by atoms with Crippen molar-refractivity contribution in [1.29, 1.82) is 0 Å². The van der Waals surface area contributed by atoms with Crippen LogP contribution in [0, 0.1) is 0 Å². The Kier molecular flexibility index (Phi) is 31.6. The van der Waals surface area contributed by atoms with Crippen LogP contribution in [-0.2, 0) is 13.1 Å². The Morgan fingerprint density at radius 3 is 0.868 bits per heavy atom. The summed E-state index contributed by atoms with van der Waals surface area (Å²) in [6.07, 6.45) is 52.5. The number of unbranched alkanes of at least 4 members (excludes halogenated alkanes) is 28. The third kappa shape index (κ3) is 28.0. The first-order valence-electron chi connectivity index (χ1n) is 23.5. The minimum atomic E-state index is 1.05. The van der Waals surface area contributed by atoms with Gasteiger partial charge in [0.15, 0.2) is 0 Å². The fraction of sp³-hybridized carbons (Fsp3) is 0.692. The molecule has 1 nitrogen and oxygen atoms in total. The molecule has 0 heterocycles. The molecule has 300 valence electrons. The molecule has 0 unspecified atom stereocenters. The zero-order valence-electron chi connectivity index (χ0n) is 35.6. The van der Waals surface area contributed by atoms with Crippen molar-refractivity contribution < 1.29 is 4.48 Å². The van der Waals surface area contributed by atoms with Crippen molar-refractivity contribution in [2.24, 2.45) is 0 Å². The van der Waals surface area contributed by atoms with E-state index in [4.69, 9.17) is 0 Å². The van der Waals surface area contributed by atoms with Crippen LogP contribution in [0.2, 0.25) is 0 Å². The van der Waals surface area contributed by atoms with Gasteiger partial charge in [-0.1, -0.05) is 254 Å². The number of hydrogen-bond acceptors (Lipinski definition) is 0. The van der Waals surface area contributed by atoms with E-state index in [0.717, 1.165) is 30.7 Å². The van der Waals surface area contributed by atoms with Crippen molar-refractivity contribution in [3.63, 3.8) is 0 Å². The van der Waals surface area contributed by atoms with E-state index in [1.54, 1.807) is 0 Å². The summed E-state index contributed by atoms with van der Waals surface area (Å²) < 4.78 is 1.05. The Labute approximate surface area is 332 Å². The fourth-order valence-corrected chi connectivity index (χ4v) is 8.08. The van der Waals surface area contributed by atoms with Crippen LogP contribution >= 0.6 is 0 Å². The highest BCUT2D eigenvalue weighted by Crippen LogP contribution is 2.22. The number of allylic oxidation sites excluding steroid dienone is 2. The Morgan fingerprint density at radius 2 is 0.585 bits per heavy atom. The van der Waals surface area contributed by atoms with Crippen LogP contribution in [0.4, 0.5) is 0 Å². The van der Waals surface area contributed by atoms with Crippen LogP contribution in [-0.4, -0.2) is 17.6 Å². The van der Waals surface area contributed by atoms with Crippen LogP contribution in [0.1, 0.15) is 218 Å². The van der Waals surface area contributed by atoms with E-state index in [1.807, 2.05) is 0 Å². The minimum absolute atomic E-state index is 1.05. The van der Waals surface area contributed by atoms with Gasteiger partial charge in [-0.2, -0.15) is 0 Å². The molecular formula is C52H88N+. The standard InChI is InChI=1S/C52H88N/c1-3-5-7-9-11-13-15-17-19-21-23-25-27-29-31-33-41-47-53(49-51-43-37-35-38-44-51,50-52-45-39-36-40-46-52)48-42-34-32-30-28-26-24-22-20-18-16-14-12-10-8-6-4-2/h33-46H,3-32,47-50H2,1-2H3/q+1/b41-33+,42-34+. The highest BCUT2D eigenvalue weighted by Gasteiger charge is 2.26. The highest BCUT2D eigenvalue weighted by atomic mass is 15.3. The van der Waals surface area contributed by atoms with E-state index in [1.165, 1.54) is 204 Å². The highest BCUT2D eigenvalue weighted by molar-refractivity contribution is 5.16. The zero-order valence-corrected chi connectivity index (χ0v) is 35.6. The van der Waals surface area contributed by atoms with Crippen LogP contribution in [0.5, 0.6) is 0 Å². The van der Waals surface area contributed by atoms with Gasteiger partial charge in [-0.25, -0.2) is 0 Å². The van der Waals surface area contributed by atoms with Gasteiger partial charge in [-0.05, 0) is 37.8 Å². The average Bonchev–Trinajstić information content (AvgIpc) is 3.18. The number of rotatable bonds is 38. The monoisotopic (exact) mass is 727 g/mol.